The normalized spacial score (nSPS) is 16.2. The Morgan fingerprint density at radius 2 is 1.00 bits per heavy atom. The van der Waals surface area contributed by atoms with Crippen molar-refractivity contribution in [3.05, 3.63) is 132 Å². The van der Waals surface area contributed by atoms with E-state index in [9.17, 15) is 9.59 Å². The first-order valence-corrected chi connectivity index (χ1v) is 20.4. The van der Waals surface area contributed by atoms with Gasteiger partial charge in [-0.1, -0.05) is 60.7 Å². The molecule has 2 aliphatic heterocycles. The van der Waals surface area contributed by atoms with Crippen molar-refractivity contribution in [2.24, 2.45) is 0 Å². The predicted octanol–water partition coefficient (Wildman–Crippen LogP) is 9.61. The van der Waals surface area contributed by atoms with Crippen LogP contribution in [0.4, 0.5) is 0 Å². The topological polar surface area (TPSA) is 116 Å². The van der Waals surface area contributed by atoms with Gasteiger partial charge in [-0.3, -0.25) is 9.59 Å². The van der Waals surface area contributed by atoms with Crippen molar-refractivity contribution in [2.75, 3.05) is 27.3 Å². The first kappa shape index (κ1) is 42.4. The number of rotatable bonds is 12. The minimum absolute atomic E-state index is 0. The van der Waals surface area contributed by atoms with Crippen LogP contribution < -0.4 is 9.47 Å². The van der Waals surface area contributed by atoms with Gasteiger partial charge in [0.05, 0.1) is 48.4 Å². The van der Waals surface area contributed by atoms with Crippen molar-refractivity contribution in [3.8, 4) is 33.8 Å². The lowest BCUT2D eigenvalue weighted by Gasteiger charge is -2.23. The van der Waals surface area contributed by atoms with Gasteiger partial charge < -0.3 is 29.2 Å². The zero-order valence-corrected chi connectivity index (χ0v) is 36.0. The van der Waals surface area contributed by atoms with Crippen LogP contribution in [0.25, 0.3) is 44.3 Å². The largest absolute Gasteiger partial charge is 0.497 e. The summed E-state index contributed by atoms with van der Waals surface area (Å²) >= 11 is 0. The highest BCUT2D eigenvalue weighted by molar-refractivity contribution is 7.59. The summed E-state index contributed by atoms with van der Waals surface area (Å²) in [4.78, 5) is 47.8. The highest BCUT2D eigenvalue weighted by Gasteiger charge is 2.33. The van der Waals surface area contributed by atoms with E-state index < -0.39 is 0 Å². The van der Waals surface area contributed by atoms with Gasteiger partial charge in [0.2, 0.25) is 11.8 Å². The molecule has 2 N–H and O–H groups in total. The summed E-state index contributed by atoms with van der Waals surface area (Å²) < 4.78 is 10.7. The number of amides is 2. The molecule has 0 aliphatic carbocycles. The van der Waals surface area contributed by atoms with Crippen LogP contribution in [0.1, 0.15) is 73.4 Å². The van der Waals surface area contributed by atoms with Crippen molar-refractivity contribution in [3.63, 3.8) is 0 Å². The van der Waals surface area contributed by atoms with Crippen molar-refractivity contribution < 1.29 is 19.1 Å². The summed E-state index contributed by atoms with van der Waals surface area (Å²) in [6.45, 7) is 1.49. The fourth-order valence-electron chi connectivity index (χ4n) is 8.73. The molecule has 0 radical (unpaired) electrons. The molecule has 0 bridgehead atoms. The average Bonchev–Trinajstić information content (AvgIpc) is 4.10. The molecular formula is C48H52N6O4S2. The second-order valence-electron chi connectivity index (χ2n) is 15.5. The number of ether oxygens (including phenoxy) is 2. The van der Waals surface area contributed by atoms with E-state index in [1.165, 1.54) is 0 Å². The second-order valence-corrected chi connectivity index (χ2v) is 15.5. The average molecular weight is 841 g/mol. The van der Waals surface area contributed by atoms with Crippen LogP contribution in [0, 0.1) is 0 Å². The molecule has 0 spiro atoms. The molecule has 0 saturated carbocycles. The van der Waals surface area contributed by atoms with Gasteiger partial charge in [0.15, 0.2) is 0 Å². The third-order valence-electron chi connectivity index (χ3n) is 11.9. The second kappa shape index (κ2) is 18.7. The lowest BCUT2D eigenvalue weighted by atomic mass is 10.00. The predicted molar refractivity (Wildman–Crippen MR) is 247 cm³/mol. The minimum atomic E-state index is -0.0498. The van der Waals surface area contributed by atoms with Gasteiger partial charge in [0, 0.05) is 25.9 Å². The van der Waals surface area contributed by atoms with Gasteiger partial charge >= 0.3 is 0 Å². The number of aryl methyl sites for hydroxylation is 2. The van der Waals surface area contributed by atoms with E-state index >= 15 is 0 Å². The number of nitrogens with one attached hydrogen (secondary N) is 2. The van der Waals surface area contributed by atoms with Gasteiger partial charge in [0.1, 0.15) is 23.1 Å². The van der Waals surface area contributed by atoms with E-state index in [-0.39, 0.29) is 50.9 Å². The van der Waals surface area contributed by atoms with E-state index in [0.717, 1.165) is 117 Å². The number of benzene rings is 5. The Kier molecular flexibility index (Phi) is 13.2. The Morgan fingerprint density at radius 1 is 0.583 bits per heavy atom. The Labute approximate surface area is 364 Å². The summed E-state index contributed by atoms with van der Waals surface area (Å²) in [5.74, 6) is 3.63. The Balaban J connectivity index is 0.00000272. The fourth-order valence-corrected chi connectivity index (χ4v) is 8.73. The molecule has 0 unspecified atom stereocenters. The Hall–Kier alpha value is -5.72. The van der Waals surface area contributed by atoms with E-state index in [1.54, 1.807) is 14.2 Å². The molecule has 2 atom stereocenters. The van der Waals surface area contributed by atoms with Crippen LogP contribution in [0.3, 0.4) is 0 Å². The standard InChI is InChI=1S/C48H48N6O4.2H2S/c1-57-37-9-3-7-31(27-37)13-23-45(55)53-25-5-11-43(53)47-49-39-21-19-35(29-41(39)51-47)33-15-17-34(18-16-33)36-20-22-40-42(30-36)52-48(50-40)44-12-6-26-54(44)46(56)24-14-32-8-4-10-38(28-32)58-2;;/h3-4,7-10,15-22,27-30,43-44H,5-6,11-14,23-26H2,1-2H3,(H,49,51)(H,50,52);2*1H2/t43-,44-;;/m0../s1. The Morgan fingerprint density at radius 3 is 1.42 bits per heavy atom. The third-order valence-corrected chi connectivity index (χ3v) is 11.9. The summed E-state index contributed by atoms with van der Waals surface area (Å²) in [6, 6.07) is 37.0. The first-order valence-electron chi connectivity index (χ1n) is 20.4. The monoisotopic (exact) mass is 840 g/mol. The van der Waals surface area contributed by atoms with Crippen LogP contribution >= 0.6 is 27.0 Å². The van der Waals surface area contributed by atoms with Crippen molar-refractivity contribution in [2.45, 2.75) is 63.5 Å². The quantitative estimate of drug-likeness (QED) is 0.127. The number of H-pyrrole nitrogens is 2. The maximum Gasteiger partial charge on any atom is 0.223 e. The fraction of sp³-hybridized carbons (Fsp3) is 0.292. The van der Waals surface area contributed by atoms with Crippen LogP contribution in [0.15, 0.2) is 109 Å². The molecule has 2 amide bonds. The van der Waals surface area contributed by atoms with E-state index in [2.05, 4.69) is 70.6 Å². The molecule has 4 heterocycles. The summed E-state index contributed by atoms with van der Waals surface area (Å²) in [5.41, 5.74) is 10.3. The highest BCUT2D eigenvalue weighted by atomic mass is 32.1. The van der Waals surface area contributed by atoms with Gasteiger partial charge in [0.25, 0.3) is 0 Å². The maximum absolute atomic E-state index is 13.4. The third kappa shape index (κ3) is 8.90. The molecule has 60 heavy (non-hydrogen) atoms. The van der Waals surface area contributed by atoms with E-state index in [0.29, 0.717) is 25.7 Å². The molecule has 2 saturated heterocycles. The number of imidazole rings is 2. The lowest BCUT2D eigenvalue weighted by Crippen LogP contribution is -2.31. The van der Waals surface area contributed by atoms with Gasteiger partial charge in [-0.25, -0.2) is 9.97 Å². The molecule has 12 heteroatoms. The molecule has 310 valence electrons. The van der Waals surface area contributed by atoms with Crippen LogP contribution in [-0.4, -0.2) is 68.9 Å². The maximum atomic E-state index is 13.4. The zero-order valence-electron chi connectivity index (χ0n) is 34.0. The molecular weight excluding hydrogens is 789 g/mol. The van der Waals surface area contributed by atoms with Crippen LogP contribution in [-0.2, 0) is 22.4 Å². The molecule has 5 aromatic carbocycles. The number of methoxy groups -OCH3 is 2. The van der Waals surface area contributed by atoms with E-state index in [1.807, 2.05) is 58.3 Å². The number of carbonyl (C=O) groups excluding carboxylic acids is 2. The number of fused-ring (bicyclic) bond motifs is 2. The minimum Gasteiger partial charge on any atom is -0.497 e. The molecule has 7 aromatic rings. The molecule has 2 fully saturated rings. The Bertz CT molecular complexity index is 2430. The number of aromatic amines is 2. The van der Waals surface area contributed by atoms with Crippen molar-refractivity contribution >= 4 is 60.9 Å². The summed E-state index contributed by atoms with van der Waals surface area (Å²) in [6.07, 6.45) is 5.98. The molecule has 2 aliphatic rings. The smallest absolute Gasteiger partial charge is 0.223 e. The van der Waals surface area contributed by atoms with Gasteiger partial charge in [-0.2, -0.15) is 27.0 Å². The SMILES string of the molecule is COc1cccc(CCC(=O)N2CCC[C@H]2c2nc3ccc(-c4ccc(-c5ccc6nc([C@@H]7CCCN7C(=O)CCc7cccc(OC)c7)[nH]c6c5)cc4)cc3[nH]2)c1.S.S. The summed E-state index contributed by atoms with van der Waals surface area (Å²) in [5, 5.41) is 0. The van der Waals surface area contributed by atoms with E-state index in [4.69, 9.17) is 19.4 Å². The number of nitrogens with zero attached hydrogens (tertiary/aromatic N) is 4. The number of hydrogen-bond acceptors (Lipinski definition) is 6. The number of hydrogen-bond donors (Lipinski definition) is 2. The van der Waals surface area contributed by atoms with Crippen molar-refractivity contribution in [1.82, 2.24) is 29.7 Å². The van der Waals surface area contributed by atoms with Crippen LogP contribution in [0.5, 0.6) is 11.5 Å². The van der Waals surface area contributed by atoms with Crippen molar-refractivity contribution in [1.29, 1.82) is 0 Å². The first-order chi connectivity index (χ1) is 28.4. The number of carbonyl (C=O) groups is 2. The number of likely N-dealkylation sites (tertiary alicyclic amines) is 2. The number of aromatic nitrogens is 4. The van der Waals surface area contributed by atoms with Crippen LogP contribution in [0.2, 0.25) is 0 Å². The lowest BCUT2D eigenvalue weighted by molar-refractivity contribution is -0.133. The molecule has 9 rings (SSSR count). The van der Waals surface area contributed by atoms with Gasteiger partial charge in [-0.05, 0) is 120 Å². The molecule has 10 nitrogen and oxygen atoms in total. The molecule has 2 aromatic heterocycles. The zero-order chi connectivity index (χ0) is 39.6. The highest BCUT2D eigenvalue weighted by Crippen LogP contribution is 2.36. The van der Waals surface area contributed by atoms with Gasteiger partial charge in [-0.15, -0.1) is 0 Å². The summed E-state index contributed by atoms with van der Waals surface area (Å²) in [7, 11) is 3.32.